The topological polar surface area (TPSA) is 71.0 Å². The van der Waals surface area contributed by atoms with Crippen molar-refractivity contribution in [2.24, 2.45) is 0 Å². The predicted octanol–water partition coefficient (Wildman–Crippen LogP) is 2.80. The van der Waals surface area contributed by atoms with Gasteiger partial charge in [-0.2, -0.15) is 0 Å². The van der Waals surface area contributed by atoms with Crippen molar-refractivity contribution in [1.82, 2.24) is 19.9 Å². The average molecular weight is 339 g/mol. The van der Waals surface area contributed by atoms with E-state index < -0.39 is 0 Å². The summed E-state index contributed by atoms with van der Waals surface area (Å²) >= 11 is 1.56. The number of thiazole rings is 1. The number of anilines is 1. The molecule has 24 heavy (non-hydrogen) atoms. The first kappa shape index (κ1) is 15.0. The second-order valence-corrected chi connectivity index (χ2v) is 6.73. The maximum Gasteiger partial charge on any atom is 0.253 e. The lowest BCUT2D eigenvalue weighted by molar-refractivity contribution is 0.0718. The molecule has 4 rings (SSSR count). The van der Waals surface area contributed by atoms with E-state index in [1.165, 1.54) is 6.33 Å². The molecular formula is C17H17N5OS. The van der Waals surface area contributed by atoms with Crippen LogP contribution in [0.1, 0.15) is 23.2 Å². The van der Waals surface area contributed by atoms with Crippen LogP contribution in [0.2, 0.25) is 0 Å². The summed E-state index contributed by atoms with van der Waals surface area (Å²) in [6.07, 6.45) is 5.09. The number of nitrogens with zero attached hydrogens (tertiary/aromatic N) is 4. The van der Waals surface area contributed by atoms with Crippen molar-refractivity contribution >= 4 is 33.3 Å². The highest BCUT2D eigenvalue weighted by molar-refractivity contribution is 7.16. The molecule has 1 aliphatic rings. The van der Waals surface area contributed by atoms with Crippen LogP contribution in [0.15, 0.2) is 42.3 Å². The predicted molar refractivity (Wildman–Crippen MR) is 94.2 cm³/mol. The molecule has 1 fully saturated rings. The van der Waals surface area contributed by atoms with Crippen LogP contribution in [0.25, 0.3) is 10.2 Å². The third-order valence-corrected chi connectivity index (χ3v) is 5.09. The van der Waals surface area contributed by atoms with E-state index in [1.807, 2.05) is 34.7 Å². The minimum absolute atomic E-state index is 0.103. The number of fused-ring (bicyclic) bond motifs is 1. The van der Waals surface area contributed by atoms with E-state index in [4.69, 9.17) is 0 Å². The lowest BCUT2D eigenvalue weighted by Crippen LogP contribution is -2.42. The summed E-state index contributed by atoms with van der Waals surface area (Å²) < 4.78 is 1.06. The number of benzene rings is 1. The second-order valence-electron chi connectivity index (χ2n) is 5.84. The molecule has 1 N–H and O–H groups in total. The van der Waals surface area contributed by atoms with Crippen molar-refractivity contribution in [2.45, 2.75) is 18.9 Å². The molecule has 2 aromatic heterocycles. The molecule has 1 aliphatic heterocycles. The summed E-state index contributed by atoms with van der Waals surface area (Å²) in [5.74, 6) is 0.941. The Morgan fingerprint density at radius 3 is 2.88 bits per heavy atom. The average Bonchev–Trinajstić information content (AvgIpc) is 3.10. The van der Waals surface area contributed by atoms with Gasteiger partial charge in [-0.15, -0.1) is 11.3 Å². The first-order valence-corrected chi connectivity index (χ1v) is 8.82. The van der Waals surface area contributed by atoms with Crippen LogP contribution in [-0.2, 0) is 0 Å². The summed E-state index contributed by atoms with van der Waals surface area (Å²) in [7, 11) is 0. The van der Waals surface area contributed by atoms with E-state index >= 15 is 0 Å². The van der Waals surface area contributed by atoms with Crippen LogP contribution in [0, 0.1) is 0 Å². The van der Waals surface area contributed by atoms with E-state index in [-0.39, 0.29) is 5.91 Å². The van der Waals surface area contributed by atoms with Gasteiger partial charge < -0.3 is 10.2 Å². The number of piperidine rings is 1. The van der Waals surface area contributed by atoms with Crippen LogP contribution < -0.4 is 5.32 Å². The maximum atomic E-state index is 12.7. The Balaban J connectivity index is 1.39. The molecule has 1 aromatic carbocycles. The normalized spacial score (nSPS) is 15.6. The fourth-order valence-electron chi connectivity index (χ4n) is 2.98. The lowest BCUT2D eigenvalue weighted by atomic mass is 10.0. The fourth-order valence-corrected chi connectivity index (χ4v) is 3.70. The molecule has 0 saturated carbocycles. The highest BCUT2D eigenvalue weighted by Crippen LogP contribution is 2.22. The van der Waals surface area contributed by atoms with Gasteiger partial charge in [-0.3, -0.25) is 4.79 Å². The first-order chi connectivity index (χ1) is 11.8. The molecule has 0 spiro atoms. The van der Waals surface area contributed by atoms with Gasteiger partial charge in [0.2, 0.25) is 0 Å². The quantitative estimate of drug-likeness (QED) is 0.794. The molecule has 7 heteroatoms. The second kappa shape index (κ2) is 6.52. The Kier molecular flexibility index (Phi) is 4.08. The van der Waals surface area contributed by atoms with Crippen molar-refractivity contribution in [3.05, 3.63) is 47.9 Å². The Labute approximate surface area is 143 Å². The zero-order valence-electron chi connectivity index (χ0n) is 13.1. The van der Waals surface area contributed by atoms with Crippen molar-refractivity contribution in [1.29, 1.82) is 0 Å². The zero-order valence-corrected chi connectivity index (χ0v) is 13.9. The monoisotopic (exact) mass is 339 g/mol. The van der Waals surface area contributed by atoms with Gasteiger partial charge in [0.1, 0.15) is 12.1 Å². The number of hydrogen-bond acceptors (Lipinski definition) is 6. The highest BCUT2D eigenvalue weighted by Gasteiger charge is 2.24. The maximum absolute atomic E-state index is 12.7. The van der Waals surface area contributed by atoms with Crippen LogP contribution in [0.5, 0.6) is 0 Å². The van der Waals surface area contributed by atoms with Crippen LogP contribution in [0.4, 0.5) is 5.82 Å². The van der Waals surface area contributed by atoms with Crippen LogP contribution in [0.3, 0.4) is 0 Å². The number of aromatic nitrogens is 3. The summed E-state index contributed by atoms with van der Waals surface area (Å²) in [4.78, 5) is 27.0. The van der Waals surface area contributed by atoms with E-state index in [0.717, 1.165) is 47.5 Å². The molecule has 0 radical (unpaired) electrons. The third kappa shape index (κ3) is 3.07. The van der Waals surface area contributed by atoms with Gasteiger partial charge in [0.05, 0.1) is 15.7 Å². The van der Waals surface area contributed by atoms with Crippen molar-refractivity contribution in [3.63, 3.8) is 0 Å². The Bertz CT molecular complexity index is 842. The largest absolute Gasteiger partial charge is 0.367 e. The van der Waals surface area contributed by atoms with E-state index in [0.29, 0.717) is 6.04 Å². The Hall–Kier alpha value is -2.54. The van der Waals surface area contributed by atoms with Crippen molar-refractivity contribution < 1.29 is 4.79 Å². The van der Waals surface area contributed by atoms with Gasteiger partial charge >= 0.3 is 0 Å². The SMILES string of the molecule is O=C(c1ccc2ncsc2c1)N1CCC(Nc2ccncn2)CC1. The molecular weight excluding hydrogens is 322 g/mol. The van der Waals surface area contributed by atoms with E-state index in [1.54, 1.807) is 17.5 Å². The zero-order chi connectivity index (χ0) is 16.4. The number of hydrogen-bond donors (Lipinski definition) is 1. The molecule has 0 atom stereocenters. The first-order valence-electron chi connectivity index (χ1n) is 7.95. The number of likely N-dealkylation sites (tertiary alicyclic amines) is 1. The molecule has 3 heterocycles. The van der Waals surface area contributed by atoms with Crippen molar-refractivity contribution in [2.75, 3.05) is 18.4 Å². The minimum Gasteiger partial charge on any atom is -0.367 e. The third-order valence-electron chi connectivity index (χ3n) is 4.29. The summed E-state index contributed by atoms with van der Waals surface area (Å²) in [5, 5.41) is 3.41. The smallest absolute Gasteiger partial charge is 0.253 e. The van der Waals surface area contributed by atoms with Crippen LogP contribution in [-0.4, -0.2) is 44.9 Å². The number of rotatable bonds is 3. The van der Waals surface area contributed by atoms with Crippen LogP contribution >= 0.6 is 11.3 Å². The molecule has 6 nitrogen and oxygen atoms in total. The van der Waals surface area contributed by atoms with Gasteiger partial charge in [0.15, 0.2) is 0 Å². The van der Waals surface area contributed by atoms with Gasteiger partial charge in [0, 0.05) is 30.9 Å². The molecule has 0 bridgehead atoms. The fraction of sp³-hybridized carbons (Fsp3) is 0.294. The molecule has 122 valence electrons. The molecule has 0 unspecified atom stereocenters. The van der Waals surface area contributed by atoms with Gasteiger partial charge in [0.25, 0.3) is 5.91 Å². The van der Waals surface area contributed by atoms with E-state index in [2.05, 4.69) is 20.3 Å². The number of carbonyl (C=O) groups is 1. The molecule has 3 aromatic rings. The van der Waals surface area contributed by atoms with Gasteiger partial charge in [-0.25, -0.2) is 15.0 Å². The molecule has 1 amide bonds. The van der Waals surface area contributed by atoms with Gasteiger partial charge in [-0.1, -0.05) is 0 Å². The van der Waals surface area contributed by atoms with E-state index in [9.17, 15) is 4.79 Å². The Morgan fingerprint density at radius 1 is 1.21 bits per heavy atom. The minimum atomic E-state index is 0.103. The molecule has 1 saturated heterocycles. The lowest BCUT2D eigenvalue weighted by Gasteiger charge is -2.32. The number of amides is 1. The Morgan fingerprint density at radius 2 is 2.08 bits per heavy atom. The summed E-state index contributed by atoms with van der Waals surface area (Å²) in [5.41, 5.74) is 3.50. The highest BCUT2D eigenvalue weighted by atomic mass is 32.1. The molecule has 0 aliphatic carbocycles. The van der Waals surface area contributed by atoms with Gasteiger partial charge in [-0.05, 0) is 37.1 Å². The number of nitrogens with one attached hydrogen (secondary N) is 1. The summed E-state index contributed by atoms with van der Waals surface area (Å²) in [6.45, 7) is 1.50. The van der Waals surface area contributed by atoms with Crippen molar-refractivity contribution in [3.8, 4) is 0 Å². The standard InChI is InChI=1S/C17H17N5OS/c23-17(12-1-2-14-15(9-12)24-11-20-14)22-7-4-13(5-8-22)21-16-3-6-18-10-19-16/h1-3,6,9-11,13H,4-5,7-8H2,(H,18,19,21). The summed E-state index contributed by atoms with van der Waals surface area (Å²) in [6, 6.07) is 7.94. The number of carbonyl (C=O) groups excluding carboxylic acids is 1.